The number of likely N-dealkylation sites (tertiary alicyclic amines) is 1. The molecule has 0 spiro atoms. The van der Waals surface area contributed by atoms with Crippen LogP contribution in [0.5, 0.6) is 0 Å². The third kappa shape index (κ3) is 5.09. The maximum Gasteiger partial charge on any atom is 0.410 e. The highest BCUT2D eigenvalue weighted by Crippen LogP contribution is 2.22. The number of alkyl halides is 1. The lowest BCUT2D eigenvalue weighted by molar-refractivity contribution is -0.146. The number of hydrogen-bond donors (Lipinski definition) is 1. The second kappa shape index (κ2) is 9.27. The molecule has 1 aliphatic rings. The van der Waals surface area contributed by atoms with Gasteiger partial charge >= 0.3 is 12.1 Å². The first kappa shape index (κ1) is 19.1. The van der Waals surface area contributed by atoms with Gasteiger partial charge in [-0.25, -0.2) is 9.59 Å². The van der Waals surface area contributed by atoms with Crippen molar-refractivity contribution in [3.05, 3.63) is 35.9 Å². The van der Waals surface area contributed by atoms with Gasteiger partial charge in [-0.3, -0.25) is 4.79 Å². The van der Waals surface area contributed by atoms with Crippen molar-refractivity contribution in [1.29, 1.82) is 0 Å². The van der Waals surface area contributed by atoms with E-state index in [4.69, 9.17) is 21.1 Å². The van der Waals surface area contributed by atoms with Crippen molar-refractivity contribution < 1.29 is 23.9 Å². The zero-order valence-electron chi connectivity index (χ0n) is 13.9. The van der Waals surface area contributed by atoms with E-state index in [-0.39, 0.29) is 12.5 Å². The third-order valence-corrected chi connectivity index (χ3v) is 4.26. The lowest BCUT2D eigenvalue weighted by atomic mass is 10.1. The molecule has 1 aliphatic heterocycles. The topological polar surface area (TPSA) is 84.9 Å². The molecule has 25 heavy (non-hydrogen) atoms. The SMILES string of the molecule is COC(=O)[C@@H](NC(=O)CCl)[C@@H]1CCCN1C(=O)OCc1ccccc1. The van der Waals surface area contributed by atoms with Gasteiger partial charge in [0.25, 0.3) is 0 Å². The molecule has 2 rings (SSSR count). The first-order valence-corrected chi connectivity index (χ1v) is 8.50. The highest BCUT2D eigenvalue weighted by molar-refractivity contribution is 6.27. The van der Waals surface area contributed by atoms with E-state index in [1.54, 1.807) is 0 Å². The van der Waals surface area contributed by atoms with E-state index in [0.29, 0.717) is 19.4 Å². The van der Waals surface area contributed by atoms with Crippen molar-refractivity contribution in [2.45, 2.75) is 31.5 Å². The van der Waals surface area contributed by atoms with E-state index < -0.39 is 30.1 Å². The summed E-state index contributed by atoms with van der Waals surface area (Å²) in [6.45, 7) is 0.586. The van der Waals surface area contributed by atoms with Crippen LogP contribution in [0.3, 0.4) is 0 Å². The summed E-state index contributed by atoms with van der Waals surface area (Å²) in [4.78, 5) is 37.5. The van der Waals surface area contributed by atoms with Gasteiger partial charge in [-0.1, -0.05) is 30.3 Å². The van der Waals surface area contributed by atoms with Crippen LogP contribution in [-0.2, 0) is 25.7 Å². The number of nitrogens with zero attached hydrogens (tertiary/aromatic N) is 1. The molecule has 1 aromatic rings. The highest BCUT2D eigenvalue weighted by Gasteiger charge is 2.40. The monoisotopic (exact) mass is 368 g/mol. The quantitative estimate of drug-likeness (QED) is 0.610. The average molecular weight is 369 g/mol. The number of benzene rings is 1. The number of esters is 1. The van der Waals surface area contributed by atoms with Crippen molar-refractivity contribution in [3.63, 3.8) is 0 Å². The maximum absolute atomic E-state index is 12.4. The molecule has 1 heterocycles. The number of amides is 2. The van der Waals surface area contributed by atoms with Gasteiger partial charge in [-0.05, 0) is 18.4 Å². The Morgan fingerprint density at radius 3 is 2.68 bits per heavy atom. The Morgan fingerprint density at radius 1 is 1.32 bits per heavy atom. The van der Waals surface area contributed by atoms with E-state index in [1.807, 2.05) is 30.3 Å². The lowest BCUT2D eigenvalue weighted by Gasteiger charge is -2.29. The molecule has 8 heteroatoms. The number of carbonyl (C=O) groups is 3. The highest BCUT2D eigenvalue weighted by atomic mass is 35.5. The van der Waals surface area contributed by atoms with Crippen LogP contribution in [0.15, 0.2) is 30.3 Å². The van der Waals surface area contributed by atoms with Crippen LogP contribution >= 0.6 is 11.6 Å². The van der Waals surface area contributed by atoms with E-state index in [0.717, 1.165) is 5.56 Å². The molecular formula is C17H21ClN2O5. The van der Waals surface area contributed by atoms with Crippen molar-refractivity contribution in [1.82, 2.24) is 10.2 Å². The van der Waals surface area contributed by atoms with E-state index in [9.17, 15) is 14.4 Å². The predicted molar refractivity (Wildman–Crippen MR) is 91.0 cm³/mol. The number of halogens is 1. The number of ether oxygens (including phenoxy) is 2. The van der Waals surface area contributed by atoms with Gasteiger partial charge in [0.15, 0.2) is 0 Å². The maximum atomic E-state index is 12.4. The number of methoxy groups -OCH3 is 1. The second-order valence-electron chi connectivity index (χ2n) is 5.65. The van der Waals surface area contributed by atoms with Gasteiger partial charge in [0, 0.05) is 6.54 Å². The minimum atomic E-state index is -0.969. The smallest absolute Gasteiger partial charge is 0.410 e. The zero-order valence-corrected chi connectivity index (χ0v) is 14.7. The molecule has 1 fully saturated rings. The molecule has 0 aliphatic carbocycles. The molecule has 7 nitrogen and oxygen atoms in total. The lowest BCUT2D eigenvalue weighted by Crippen LogP contribution is -2.55. The molecule has 2 amide bonds. The molecular weight excluding hydrogens is 348 g/mol. The van der Waals surface area contributed by atoms with Crippen LogP contribution in [0, 0.1) is 0 Å². The molecule has 0 bridgehead atoms. The summed E-state index contributed by atoms with van der Waals surface area (Å²) in [5.74, 6) is -1.40. The first-order chi connectivity index (χ1) is 12.1. The Labute approximate surface area is 151 Å². The Hall–Kier alpha value is -2.28. The minimum absolute atomic E-state index is 0.139. The molecule has 0 unspecified atom stereocenters. The van der Waals surface area contributed by atoms with Crippen LogP contribution in [0.2, 0.25) is 0 Å². The fourth-order valence-electron chi connectivity index (χ4n) is 2.82. The fraction of sp³-hybridized carbons (Fsp3) is 0.471. The van der Waals surface area contributed by atoms with Crippen molar-refractivity contribution in [2.75, 3.05) is 19.5 Å². The van der Waals surface area contributed by atoms with E-state index >= 15 is 0 Å². The second-order valence-corrected chi connectivity index (χ2v) is 5.91. The third-order valence-electron chi connectivity index (χ3n) is 4.02. The van der Waals surface area contributed by atoms with Gasteiger partial charge in [-0.2, -0.15) is 0 Å². The summed E-state index contributed by atoms with van der Waals surface area (Å²) in [7, 11) is 1.23. The minimum Gasteiger partial charge on any atom is -0.467 e. The Balaban J connectivity index is 2.04. The molecule has 1 N–H and O–H groups in total. The summed E-state index contributed by atoms with van der Waals surface area (Å²) in [5, 5.41) is 2.52. The van der Waals surface area contributed by atoms with Gasteiger partial charge in [0.05, 0.1) is 13.2 Å². The van der Waals surface area contributed by atoms with Crippen molar-refractivity contribution >= 4 is 29.6 Å². The Kier molecular flexibility index (Phi) is 7.06. The fourth-order valence-corrected chi connectivity index (χ4v) is 2.90. The summed E-state index contributed by atoms with van der Waals surface area (Å²) in [6, 6.07) is 7.81. The van der Waals surface area contributed by atoms with Crippen molar-refractivity contribution in [2.24, 2.45) is 0 Å². The number of hydrogen-bond acceptors (Lipinski definition) is 5. The van der Waals surface area contributed by atoms with Crippen LogP contribution < -0.4 is 5.32 Å². The summed E-state index contributed by atoms with van der Waals surface area (Å²) in [5.41, 5.74) is 0.867. The molecule has 2 atom stereocenters. The standard InChI is InChI=1S/C17H21ClN2O5/c1-24-16(22)15(19-14(21)10-18)13-8-5-9-20(13)17(23)25-11-12-6-3-2-4-7-12/h2-4,6-7,13,15H,5,8-11H2,1H3,(H,19,21)/t13-,15-/m0/s1. The van der Waals surface area contributed by atoms with Crippen LogP contribution in [0.4, 0.5) is 4.79 Å². The van der Waals surface area contributed by atoms with Crippen LogP contribution in [-0.4, -0.2) is 54.5 Å². The molecule has 1 aromatic carbocycles. The zero-order chi connectivity index (χ0) is 18.2. The summed E-state index contributed by atoms with van der Waals surface area (Å²) < 4.78 is 10.1. The molecule has 0 saturated carbocycles. The van der Waals surface area contributed by atoms with Gasteiger partial charge in [0.2, 0.25) is 5.91 Å². The predicted octanol–water partition coefficient (Wildman–Crippen LogP) is 1.68. The van der Waals surface area contributed by atoms with E-state index in [2.05, 4.69) is 5.32 Å². The number of nitrogens with one attached hydrogen (secondary N) is 1. The summed E-state index contributed by atoms with van der Waals surface area (Å²) >= 11 is 5.50. The van der Waals surface area contributed by atoms with Crippen LogP contribution in [0.25, 0.3) is 0 Å². The number of rotatable bonds is 6. The molecule has 0 radical (unpaired) electrons. The normalized spacial score (nSPS) is 17.7. The average Bonchev–Trinajstić information content (AvgIpc) is 3.13. The van der Waals surface area contributed by atoms with E-state index in [1.165, 1.54) is 12.0 Å². The van der Waals surface area contributed by atoms with Gasteiger partial charge in [0.1, 0.15) is 18.5 Å². The number of carbonyl (C=O) groups excluding carboxylic acids is 3. The van der Waals surface area contributed by atoms with Crippen molar-refractivity contribution in [3.8, 4) is 0 Å². The largest absolute Gasteiger partial charge is 0.467 e. The molecule has 136 valence electrons. The van der Waals surface area contributed by atoms with Gasteiger partial charge < -0.3 is 19.7 Å². The first-order valence-electron chi connectivity index (χ1n) is 7.97. The Bertz CT molecular complexity index is 610. The summed E-state index contributed by atoms with van der Waals surface area (Å²) in [6.07, 6.45) is 0.735. The van der Waals surface area contributed by atoms with Gasteiger partial charge in [-0.15, -0.1) is 11.6 Å². The molecule has 1 saturated heterocycles. The molecule has 0 aromatic heterocycles. The van der Waals surface area contributed by atoms with Crippen LogP contribution in [0.1, 0.15) is 18.4 Å². The Morgan fingerprint density at radius 2 is 2.04 bits per heavy atom.